The number of ether oxygens (including phenoxy) is 1. The maximum atomic E-state index is 12.5. The molecule has 1 aliphatic heterocycles. The van der Waals surface area contributed by atoms with E-state index >= 15 is 0 Å². The van der Waals surface area contributed by atoms with E-state index in [-0.39, 0.29) is 12.6 Å². The Morgan fingerprint density at radius 2 is 1.92 bits per heavy atom. The highest BCUT2D eigenvalue weighted by Gasteiger charge is 2.38. The molecule has 0 aromatic heterocycles. The highest BCUT2D eigenvalue weighted by atomic mass is 16.6. The Bertz CT molecular complexity index is 603. The third kappa shape index (κ3) is 5.98. The van der Waals surface area contributed by atoms with Gasteiger partial charge in [-0.15, -0.1) is 0 Å². The van der Waals surface area contributed by atoms with Crippen LogP contribution in [0.1, 0.15) is 39.2 Å². The maximum Gasteiger partial charge on any atom is 0.411 e. The molecule has 0 bridgehead atoms. The van der Waals surface area contributed by atoms with E-state index in [9.17, 15) is 9.59 Å². The van der Waals surface area contributed by atoms with Crippen LogP contribution in [0.2, 0.25) is 0 Å². The fourth-order valence-corrected chi connectivity index (χ4v) is 2.75. The Balaban J connectivity index is 1.94. The second-order valence-electron chi connectivity index (χ2n) is 7.29. The summed E-state index contributed by atoms with van der Waals surface area (Å²) in [5.41, 5.74) is 4.92. The number of nitrogens with one attached hydrogen (secondary N) is 2. The van der Waals surface area contributed by atoms with E-state index in [1.54, 1.807) is 26.3 Å². The van der Waals surface area contributed by atoms with Crippen LogP contribution in [0.4, 0.5) is 4.79 Å². The molecule has 1 fully saturated rings. The Labute approximate surface area is 153 Å². The summed E-state index contributed by atoms with van der Waals surface area (Å²) in [5.74, 6) is -0.625. The normalized spacial score (nSPS) is 20.5. The van der Waals surface area contributed by atoms with Gasteiger partial charge in [0.15, 0.2) is 0 Å². The molecule has 0 saturated carbocycles. The first kappa shape index (κ1) is 20.2. The molecule has 0 spiro atoms. The van der Waals surface area contributed by atoms with Crippen LogP contribution in [0.25, 0.3) is 0 Å². The fraction of sp³-hybridized carbons (Fsp3) is 0.556. The largest absolute Gasteiger partial charge is 0.444 e. The average Bonchev–Trinajstić information content (AvgIpc) is 2.60. The van der Waals surface area contributed by atoms with Gasteiger partial charge in [-0.3, -0.25) is 19.7 Å². The number of hydrogen-bond donors (Lipinski definition) is 3. The first-order valence-corrected chi connectivity index (χ1v) is 8.65. The minimum absolute atomic E-state index is 0.144. The van der Waals surface area contributed by atoms with Crippen molar-refractivity contribution in [3.05, 3.63) is 35.9 Å². The molecule has 0 unspecified atom stereocenters. The SMILES string of the molecule is CC(C)(C)OC(=O)N1C[C@H](NOCc2ccccc2)CC[C@H]1C(=O)NO. The fourth-order valence-electron chi connectivity index (χ4n) is 2.75. The van der Waals surface area contributed by atoms with E-state index in [4.69, 9.17) is 14.8 Å². The zero-order valence-electron chi connectivity index (χ0n) is 15.4. The van der Waals surface area contributed by atoms with Gasteiger partial charge in [-0.05, 0) is 39.2 Å². The summed E-state index contributed by atoms with van der Waals surface area (Å²) in [4.78, 5) is 31.2. The molecule has 144 valence electrons. The van der Waals surface area contributed by atoms with Crippen molar-refractivity contribution in [2.75, 3.05) is 6.54 Å². The predicted octanol–water partition coefficient (Wildman–Crippen LogP) is 1.98. The van der Waals surface area contributed by atoms with Crippen molar-refractivity contribution in [1.29, 1.82) is 0 Å². The number of hydrogen-bond acceptors (Lipinski definition) is 6. The molecular weight excluding hydrogens is 338 g/mol. The predicted molar refractivity (Wildman–Crippen MR) is 94.0 cm³/mol. The van der Waals surface area contributed by atoms with Crippen molar-refractivity contribution in [2.45, 2.75) is 57.9 Å². The van der Waals surface area contributed by atoms with Crippen molar-refractivity contribution in [3.63, 3.8) is 0 Å². The maximum absolute atomic E-state index is 12.5. The minimum atomic E-state index is -0.776. The van der Waals surface area contributed by atoms with E-state index in [0.29, 0.717) is 19.4 Å². The first-order chi connectivity index (χ1) is 12.3. The molecule has 2 rings (SSSR count). The lowest BCUT2D eigenvalue weighted by Gasteiger charge is -2.38. The molecule has 1 aromatic carbocycles. The van der Waals surface area contributed by atoms with Crippen molar-refractivity contribution < 1.29 is 24.4 Å². The Kier molecular flexibility index (Phi) is 6.96. The van der Waals surface area contributed by atoms with Crippen LogP contribution in [0, 0.1) is 0 Å². The van der Waals surface area contributed by atoms with Crippen LogP contribution in [0.5, 0.6) is 0 Å². The van der Waals surface area contributed by atoms with Gasteiger partial charge in [-0.1, -0.05) is 30.3 Å². The number of hydroxylamine groups is 2. The molecule has 3 N–H and O–H groups in total. The number of likely N-dealkylation sites (tertiary alicyclic amines) is 1. The van der Waals surface area contributed by atoms with Gasteiger partial charge in [0.05, 0.1) is 12.6 Å². The molecule has 1 aromatic rings. The summed E-state index contributed by atoms with van der Waals surface area (Å²) < 4.78 is 5.38. The smallest absolute Gasteiger partial charge is 0.411 e. The lowest BCUT2D eigenvalue weighted by Crippen LogP contribution is -2.58. The van der Waals surface area contributed by atoms with Crippen LogP contribution in [-0.4, -0.2) is 46.3 Å². The molecular formula is C18H27N3O5. The summed E-state index contributed by atoms with van der Waals surface area (Å²) >= 11 is 0. The second-order valence-corrected chi connectivity index (χ2v) is 7.29. The molecule has 8 heteroatoms. The Morgan fingerprint density at radius 3 is 2.54 bits per heavy atom. The van der Waals surface area contributed by atoms with E-state index in [1.807, 2.05) is 30.3 Å². The third-order valence-electron chi connectivity index (χ3n) is 3.95. The summed E-state index contributed by atoms with van der Waals surface area (Å²) in [6.45, 7) is 5.91. The van der Waals surface area contributed by atoms with Crippen molar-refractivity contribution >= 4 is 12.0 Å². The number of carbonyl (C=O) groups is 2. The van der Waals surface area contributed by atoms with Crippen LogP contribution in [0.15, 0.2) is 30.3 Å². The van der Waals surface area contributed by atoms with E-state index in [1.165, 1.54) is 4.90 Å². The Morgan fingerprint density at radius 1 is 1.23 bits per heavy atom. The number of rotatable bonds is 5. The number of nitrogens with zero attached hydrogens (tertiary/aromatic N) is 1. The zero-order valence-corrected chi connectivity index (χ0v) is 15.4. The molecule has 0 radical (unpaired) electrons. The van der Waals surface area contributed by atoms with Gasteiger partial charge in [0.25, 0.3) is 5.91 Å². The van der Waals surface area contributed by atoms with Crippen LogP contribution < -0.4 is 11.0 Å². The monoisotopic (exact) mass is 365 g/mol. The lowest BCUT2D eigenvalue weighted by molar-refractivity contribution is -0.137. The molecule has 0 aliphatic carbocycles. The lowest BCUT2D eigenvalue weighted by atomic mass is 9.98. The van der Waals surface area contributed by atoms with Crippen molar-refractivity contribution in [1.82, 2.24) is 15.9 Å². The van der Waals surface area contributed by atoms with Gasteiger partial charge in [-0.25, -0.2) is 10.3 Å². The quantitative estimate of drug-likeness (QED) is 0.545. The number of piperidine rings is 1. The highest BCUT2D eigenvalue weighted by Crippen LogP contribution is 2.21. The summed E-state index contributed by atoms with van der Waals surface area (Å²) in [5, 5.41) is 8.93. The minimum Gasteiger partial charge on any atom is -0.444 e. The first-order valence-electron chi connectivity index (χ1n) is 8.65. The Hall–Kier alpha value is -2.16. The molecule has 1 saturated heterocycles. The summed E-state index contributed by atoms with van der Waals surface area (Å²) in [6.07, 6.45) is 0.408. The highest BCUT2D eigenvalue weighted by molar-refractivity contribution is 5.85. The van der Waals surface area contributed by atoms with Gasteiger partial charge in [0.1, 0.15) is 11.6 Å². The molecule has 8 nitrogen and oxygen atoms in total. The number of benzene rings is 1. The van der Waals surface area contributed by atoms with Crippen LogP contribution in [0.3, 0.4) is 0 Å². The molecule has 26 heavy (non-hydrogen) atoms. The molecule has 1 heterocycles. The van der Waals surface area contributed by atoms with E-state index < -0.39 is 23.6 Å². The van der Waals surface area contributed by atoms with Crippen molar-refractivity contribution in [2.24, 2.45) is 0 Å². The summed E-state index contributed by atoms with van der Waals surface area (Å²) in [6, 6.07) is 8.79. The molecule has 2 atom stereocenters. The topological polar surface area (TPSA) is 100 Å². The summed E-state index contributed by atoms with van der Waals surface area (Å²) in [7, 11) is 0. The van der Waals surface area contributed by atoms with Crippen LogP contribution in [-0.2, 0) is 21.0 Å². The molecule has 1 aliphatic rings. The standard InChI is InChI=1S/C18H27N3O5/c1-18(2,3)26-17(23)21-11-14(9-10-15(21)16(22)19-24)20-25-12-13-7-5-4-6-8-13/h4-8,14-15,20,24H,9-12H2,1-3H3,(H,19,22)/t14-,15+/m1/s1. The average molecular weight is 365 g/mol. The van der Waals surface area contributed by atoms with Gasteiger partial charge < -0.3 is 4.74 Å². The van der Waals surface area contributed by atoms with E-state index in [2.05, 4.69) is 5.48 Å². The van der Waals surface area contributed by atoms with E-state index in [0.717, 1.165) is 5.56 Å². The van der Waals surface area contributed by atoms with Gasteiger partial charge >= 0.3 is 6.09 Å². The van der Waals surface area contributed by atoms with Gasteiger partial charge in [-0.2, -0.15) is 5.48 Å². The van der Waals surface area contributed by atoms with Gasteiger partial charge in [0.2, 0.25) is 0 Å². The van der Waals surface area contributed by atoms with Gasteiger partial charge in [0, 0.05) is 6.54 Å². The van der Waals surface area contributed by atoms with Crippen molar-refractivity contribution in [3.8, 4) is 0 Å². The van der Waals surface area contributed by atoms with Crippen LogP contribution >= 0.6 is 0 Å². The molecule has 2 amide bonds. The third-order valence-corrected chi connectivity index (χ3v) is 3.95. The number of amides is 2. The number of carbonyl (C=O) groups excluding carboxylic acids is 2. The second kappa shape index (κ2) is 8.98. The zero-order chi connectivity index (χ0) is 19.2.